The van der Waals surface area contributed by atoms with Crippen LogP contribution in [0.1, 0.15) is 10.4 Å². The molecule has 0 aliphatic rings. The van der Waals surface area contributed by atoms with E-state index in [2.05, 4.69) is 5.32 Å². The van der Waals surface area contributed by atoms with E-state index >= 15 is 0 Å². The number of rotatable bonds is 5. The van der Waals surface area contributed by atoms with Crippen molar-refractivity contribution in [2.75, 3.05) is 12.4 Å². The highest BCUT2D eigenvalue weighted by molar-refractivity contribution is 8.00. The molecule has 2 rings (SSSR count). The predicted octanol–water partition coefficient (Wildman–Crippen LogP) is 3.21. The minimum Gasteiger partial charge on any atom is -0.495 e. The number of carbonyl (C=O) groups is 1. The van der Waals surface area contributed by atoms with Crippen molar-refractivity contribution in [3.63, 3.8) is 0 Å². The highest BCUT2D eigenvalue weighted by Crippen LogP contribution is 2.36. The Morgan fingerprint density at radius 1 is 1.15 bits per heavy atom. The molecule has 2 aromatic carbocycles. The highest BCUT2D eigenvalue weighted by Gasteiger charge is 2.29. The summed E-state index contributed by atoms with van der Waals surface area (Å²) in [6.45, 7) is 0. The Hall–Kier alpha value is -2.24. The third-order valence-electron chi connectivity index (χ3n) is 3.08. The molecule has 0 aliphatic carbocycles. The fourth-order valence-electron chi connectivity index (χ4n) is 1.99. The van der Waals surface area contributed by atoms with Gasteiger partial charge in [-0.15, -0.1) is 0 Å². The molecule has 0 atom stereocenters. The number of sulfonamides is 1. The number of primary sulfonamides is 1. The highest BCUT2D eigenvalue weighted by atomic mass is 32.2. The number of thioether (sulfide) groups is 1. The number of methoxy groups -OCH3 is 1. The van der Waals surface area contributed by atoms with E-state index in [9.17, 15) is 26.4 Å². The lowest BCUT2D eigenvalue weighted by Crippen LogP contribution is -2.16. The summed E-state index contributed by atoms with van der Waals surface area (Å²) in [7, 11) is -2.81. The van der Waals surface area contributed by atoms with Gasteiger partial charge in [0.05, 0.1) is 7.11 Å². The van der Waals surface area contributed by atoms with Crippen molar-refractivity contribution in [3.05, 3.63) is 48.0 Å². The first kappa shape index (κ1) is 20.1. The number of benzene rings is 2. The summed E-state index contributed by atoms with van der Waals surface area (Å²) >= 11 is -0.292. The van der Waals surface area contributed by atoms with Crippen LogP contribution in [-0.4, -0.2) is 26.9 Å². The van der Waals surface area contributed by atoms with E-state index in [1.165, 1.54) is 31.4 Å². The quantitative estimate of drug-likeness (QED) is 0.743. The van der Waals surface area contributed by atoms with Crippen LogP contribution in [0.4, 0.5) is 18.9 Å². The molecule has 0 saturated heterocycles. The Balaban J connectivity index is 2.20. The minimum absolute atomic E-state index is 0.0130. The second-order valence-corrected chi connectivity index (χ2v) is 7.61. The molecule has 2 aromatic rings. The van der Waals surface area contributed by atoms with Crippen LogP contribution in [0.2, 0.25) is 0 Å². The molecule has 0 aliphatic heterocycles. The van der Waals surface area contributed by atoms with E-state index in [1.807, 2.05) is 0 Å². The topological polar surface area (TPSA) is 98.5 Å². The molecule has 140 valence electrons. The van der Waals surface area contributed by atoms with Crippen LogP contribution in [0.15, 0.2) is 52.3 Å². The van der Waals surface area contributed by atoms with Gasteiger partial charge in [0.25, 0.3) is 5.91 Å². The Bertz CT molecular complexity index is 913. The number of amides is 1. The Morgan fingerprint density at radius 3 is 2.27 bits per heavy atom. The molecule has 11 heteroatoms. The van der Waals surface area contributed by atoms with Gasteiger partial charge < -0.3 is 10.1 Å². The van der Waals surface area contributed by atoms with Crippen LogP contribution in [0, 0.1) is 0 Å². The summed E-state index contributed by atoms with van der Waals surface area (Å²) in [6, 6.07) is 8.63. The zero-order chi connectivity index (χ0) is 19.5. The molecule has 0 saturated carbocycles. The van der Waals surface area contributed by atoms with Gasteiger partial charge in [0.1, 0.15) is 10.6 Å². The van der Waals surface area contributed by atoms with E-state index in [0.717, 1.165) is 18.2 Å². The van der Waals surface area contributed by atoms with E-state index in [-0.39, 0.29) is 38.6 Å². The summed E-state index contributed by atoms with van der Waals surface area (Å²) in [5.41, 5.74) is -4.19. The minimum atomic E-state index is -4.42. The second-order valence-electron chi connectivity index (χ2n) is 4.94. The van der Waals surface area contributed by atoms with E-state index in [1.54, 1.807) is 0 Å². The number of hydrogen-bond donors (Lipinski definition) is 2. The van der Waals surface area contributed by atoms with Crippen molar-refractivity contribution in [1.29, 1.82) is 0 Å². The molecule has 3 N–H and O–H groups in total. The number of halogens is 3. The summed E-state index contributed by atoms with van der Waals surface area (Å²) < 4.78 is 64.9. The number of alkyl halides is 3. The second kappa shape index (κ2) is 7.56. The molecule has 1 amide bonds. The largest absolute Gasteiger partial charge is 0.495 e. The van der Waals surface area contributed by atoms with Crippen LogP contribution in [0.25, 0.3) is 0 Å². The fourth-order valence-corrected chi connectivity index (χ4v) is 3.25. The van der Waals surface area contributed by atoms with Crippen LogP contribution in [0.5, 0.6) is 5.75 Å². The summed E-state index contributed by atoms with van der Waals surface area (Å²) in [6.07, 6.45) is 0. The van der Waals surface area contributed by atoms with E-state index in [0.29, 0.717) is 0 Å². The maximum Gasteiger partial charge on any atom is 0.446 e. The van der Waals surface area contributed by atoms with Crippen LogP contribution >= 0.6 is 11.8 Å². The maximum atomic E-state index is 12.3. The predicted molar refractivity (Wildman–Crippen MR) is 90.7 cm³/mol. The molecular formula is C15H13F3N2O4S2. The molecular weight excluding hydrogens is 393 g/mol. The van der Waals surface area contributed by atoms with Gasteiger partial charge in [0.2, 0.25) is 10.0 Å². The molecule has 0 bridgehead atoms. The third kappa shape index (κ3) is 5.38. The molecule has 0 fully saturated rings. The van der Waals surface area contributed by atoms with Crippen molar-refractivity contribution in [2.45, 2.75) is 15.3 Å². The van der Waals surface area contributed by atoms with Crippen LogP contribution in [-0.2, 0) is 10.0 Å². The summed E-state index contributed by atoms with van der Waals surface area (Å²) in [4.78, 5) is 11.8. The number of hydrogen-bond acceptors (Lipinski definition) is 5. The van der Waals surface area contributed by atoms with Crippen LogP contribution < -0.4 is 15.2 Å². The van der Waals surface area contributed by atoms with Gasteiger partial charge >= 0.3 is 5.51 Å². The van der Waals surface area contributed by atoms with Gasteiger partial charge in [-0.2, -0.15) is 13.2 Å². The lowest BCUT2D eigenvalue weighted by Gasteiger charge is -2.11. The van der Waals surface area contributed by atoms with Gasteiger partial charge in [0.15, 0.2) is 0 Å². The van der Waals surface area contributed by atoms with Gasteiger partial charge in [-0.25, -0.2) is 13.6 Å². The first-order valence-electron chi connectivity index (χ1n) is 6.87. The van der Waals surface area contributed by atoms with Crippen LogP contribution in [0.3, 0.4) is 0 Å². The van der Waals surface area contributed by atoms with Gasteiger partial charge in [-0.3, -0.25) is 4.79 Å². The Kier molecular flexibility index (Phi) is 5.84. The van der Waals surface area contributed by atoms with Gasteiger partial charge in [-0.05, 0) is 54.2 Å². The normalized spacial score (nSPS) is 11.9. The van der Waals surface area contributed by atoms with Gasteiger partial charge in [-0.1, -0.05) is 0 Å². The van der Waals surface area contributed by atoms with E-state index in [4.69, 9.17) is 9.88 Å². The number of nitrogens with two attached hydrogens (primary N) is 1. The average molecular weight is 406 g/mol. The zero-order valence-electron chi connectivity index (χ0n) is 13.2. The first-order valence-corrected chi connectivity index (χ1v) is 9.24. The smallest absolute Gasteiger partial charge is 0.446 e. The van der Waals surface area contributed by atoms with E-state index < -0.39 is 21.4 Å². The zero-order valence-corrected chi connectivity index (χ0v) is 14.8. The maximum absolute atomic E-state index is 12.3. The summed E-state index contributed by atoms with van der Waals surface area (Å²) in [5, 5.41) is 7.54. The number of ether oxygens (including phenoxy) is 1. The Morgan fingerprint density at radius 2 is 1.77 bits per heavy atom. The number of anilines is 1. The number of nitrogens with one attached hydrogen (secondary N) is 1. The van der Waals surface area contributed by atoms with Crippen molar-refractivity contribution in [1.82, 2.24) is 0 Å². The van der Waals surface area contributed by atoms with Crippen molar-refractivity contribution >= 4 is 33.4 Å². The molecule has 0 unspecified atom stereocenters. The molecule has 26 heavy (non-hydrogen) atoms. The Labute approximate surface area is 151 Å². The van der Waals surface area contributed by atoms with Crippen molar-refractivity contribution < 1.29 is 31.1 Å². The SMILES string of the molecule is COc1ccc(NC(=O)c2ccc(SC(F)(F)F)cc2)cc1S(N)(=O)=O. The van der Waals surface area contributed by atoms with Crippen molar-refractivity contribution in [2.24, 2.45) is 5.14 Å². The van der Waals surface area contributed by atoms with Gasteiger partial charge in [0, 0.05) is 16.1 Å². The number of carbonyl (C=O) groups excluding carboxylic acids is 1. The standard InChI is InChI=1S/C15H13F3N2O4S2/c1-24-12-7-4-10(8-13(12)26(19,22)23)20-14(21)9-2-5-11(6-3-9)25-15(16,17)18/h2-8H,1H3,(H,20,21)(H2,19,22,23). The molecule has 0 heterocycles. The summed E-state index contributed by atoms with van der Waals surface area (Å²) in [5.74, 6) is -0.613. The molecule has 0 aromatic heterocycles. The van der Waals surface area contributed by atoms with Crippen molar-refractivity contribution in [3.8, 4) is 5.75 Å². The third-order valence-corrected chi connectivity index (χ3v) is 4.75. The lowest BCUT2D eigenvalue weighted by atomic mass is 10.2. The lowest BCUT2D eigenvalue weighted by molar-refractivity contribution is -0.0328. The first-order chi connectivity index (χ1) is 12.0. The molecule has 0 spiro atoms. The fraction of sp³-hybridized carbons (Fsp3) is 0.133. The average Bonchev–Trinajstić information content (AvgIpc) is 2.53. The molecule has 0 radical (unpaired) electrons. The monoisotopic (exact) mass is 406 g/mol. The molecule has 6 nitrogen and oxygen atoms in total.